The molecule has 0 amide bonds. The van der Waals surface area contributed by atoms with Gasteiger partial charge in [0.05, 0.1) is 31.8 Å². The number of nitriles is 2. The van der Waals surface area contributed by atoms with Gasteiger partial charge in [0, 0.05) is 5.92 Å². The largest absolute Gasteiger partial charge is 0.298 e. The van der Waals surface area contributed by atoms with Crippen LogP contribution in [0.3, 0.4) is 0 Å². The molecule has 0 heterocycles. The van der Waals surface area contributed by atoms with Gasteiger partial charge in [0.2, 0.25) is 0 Å². The van der Waals surface area contributed by atoms with Crippen molar-refractivity contribution >= 4 is 5.78 Å². The maximum Gasteiger partial charge on any atom is 0.149 e. The average molecular weight is 177 g/mol. The first kappa shape index (κ1) is 9.70. The van der Waals surface area contributed by atoms with Gasteiger partial charge in [-0.2, -0.15) is 10.5 Å². The first-order valence-corrected chi connectivity index (χ1v) is 4.27. The molecule has 0 aromatic carbocycles. The molecule has 0 aromatic rings. The molecule has 1 aliphatic carbocycles. The fraction of sp³-hybridized carbons (Fsp3) is 0.667. The van der Waals surface area contributed by atoms with Crippen LogP contribution in [0.1, 0.15) is 12.8 Å². The zero-order chi connectivity index (χ0) is 9.68. The van der Waals surface area contributed by atoms with Crippen molar-refractivity contribution in [2.75, 3.05) is 19.6 Å². The number of nitrogens with zero attached hydrogens (tertiary/aromatic N) is 3. The van der Waals surface area contributed by atoms with Gasteiger partial charge in [-0.15, -0.1) is 0 Å². The molecule has 0 atom stereocenters. The highest BCUT2D eigenvalue weighted by Gasteiger charge is 2.30. The molecule has 4 heteroatoms. The third-order valence-electron chi connectivity index (χ3n) is 2.00. The van der Waals surface area contributed by atoms with Crippen molar-refractivity contribution in [1.82, 2.24) is 4.90 Å². The van der Waals surface area contributed by atoms with Crippen LogP contribution in [0.5, 0.6) is 0 Å². The van der Waals surface area contributed by atoms with Crippen molar-refractivity contribution in [1.29, 1.82) is 10.5 Å². The molecule has 1 aliphatic rings. The van der Waals surface area contributed by atoms with Crippen LogP contribution in [-0.2, 0) is 4.79 Å². The van der Waals surface area contributed by atoms with E-state index < -0.39 is 0 Å². The number of rotatable bonds is 5. The Bertz CT molecular complexity index is 254. The summed E-state index contributed by atoms with van der Waals surface area (Å²) in [6.07, 6.45) is 1.96. The van der Waals surface area contributed by atoms with E-state index in [1.165, 1.54) is 0 Å². The smallest absolute Gasteiger partial charge is 0.149 e. The summed E-state index contributed by atoms with van der Waals surface area (Å²) >= 11 is 0. The predicted molar refractivity (Wildman–Crippen MR) is 45.4 cm³/mol. The molecule has 0 unspecified atom stereocenters. The van der Waals surface area contributed by atoms with Gasteiger partial charge in [0.25, 0.3) is 0 Å². The maximum absolute atomic E-state index is 11.3. The van der Waals surface area contributed by atoms with Crippen LogP contribution in [0.4, 0.5) is 0 Å². The second-order valence-electron chi connectivity index (χ2n) is 3.20. The van der Waals surface area contributed by atoms with E-state index in [0.717, 1.165) is 12.8 Å². The normalized spacial score (nSPS) is 15.0. The van der Waals surface area contributed by atoms with Crippen molar-refractivity contribution in [3.63, 3.8) is 0 Å². The Morgan fingerprint density at radius 1 is 1.31 bits per heavy atom. The Morgan fingerprint density at radius 2 is 1.85 bits per heavy atom. The van der Waals surface area contributed by atoms with Gasteiger partial charge in [-0.1, -0.05) is 0 Å². The highest BCUT2D eigenvalue weighted by Crippen LogP contribution is 2.29. The molecule has 0 saturated heterocycles. The molecule has 0 N–H and O–H groups in total. The van der Waals surface area contributed by atoms with Crippen LogP contribution in [0.15, 0.2) is 0 Å². The van der Waals surface area contributed by atoms with E-state index in [-0.39, 0.29) is 31.3 Å². The summed E-state index contributed by atoms with van der Waals surface area (Å²) in [7, 11) is 0. The van der Waals surface area contributed by atoms with Crippen molar-refractivity contribution < 1.29 is 4.79 Å². The lowest BCUT2D eigenvalue weighted by Gasteiger charge is -2.13. The third kappa shape index (κ3) is 3.23. The average Bonchev–Trinajstić information content (AvgIpc) is 2.87. The Hall–Kier alpha value is -1.39. The fourth-order valence-corrected chi connectivity index (χ4v) is 1.12. The fourth-order valence-electron chi connectivity index (χ4n) is 1.12. The van der Waals surface area contributed by atoms with E-state index in [4.69, 9.17) is 10.5 Å². The molecule has 0 spiro atoms. The topological polar surface area (TPSA) is 67.9 Å². The maximum atomic E-state index is 11.3. The van der Waals surface area contributed by atoms with Crippen LogP contribution in [0.2, 0.25) is 0 Å². The van der Waals surface area contributed by atoms with Crippen LogP contribution < -0.4 is 0 Å². The first-order chi connectivity index (χ1) is 6.27. The van der Waals surface area contributed by atoms with Crippen molar-refractivity contribution in [2.45, 2.75) is 12.8 Å². The van der Waals surface area contributed by atoms with Gasteiger partial charge in [-0.05, 0) is 12.8 Å². The molecule has 13 heavy (non-hydrogen) atoms. The standard InChI is InChI=1S/C9H11N3O/c10-3-5-12(6-4-11)7-9(13)8-1-2-8/h8H,1-2,5-7H2. The molecule has 1 fully saturated rings. The summed E-state index contributed by atoms with van der Waals surface area (Å²) in [5, 5.41) is 16.8. The number of hydrogen-bond acceptors (Lipinski definition) is 4. The Labute approximate surface area is 77.4 Å². The summed E-state index contributed by atoms with van der Waals surface area (Å²) in [4.78, 5) is 12.9. The van der Waals surface area contributed by atoms with Crippen molar-refractivity contribution in [3.05, 3.63) is 0 Å². The molecular weight excluding hydrogens is 166 g/mol. The van der Waals surface area contributed by atoms with Crippen LogP contribution in [0, 0.1) is 28.6 Å². The molecule has 68 valence electrons. The van der Waals surface area contributed by atoms with E-state index in [0.29, 0.717) is 0 Å². The molecule has 1 saturated carbocycles. The van der Waals surface area contributed by atoms with Gasteiger partial charge in [0.1, 0.15) is 5.78 Å². The highest BCUT2D eigenvalue weighted by atomic mass is 16.1. The van der Waals surface area contributed by atoms with E-state index in [1.807, 2.05) is 12.1 Å². The number of carbonyl (C=O) groups is 1. The second kappa shape index (κ2) is 4.59. The van der Waals surface area contributed by atoms with Gasteiger partial charge in [0.15, 0.2) is 0 Å². The lowest BCUT2D eigenvalue weighted by atomic mass is 10.2. The van der Waals surface area contributed by atoms with E-state index in [1.54, 1.807) is 4.90 Å². The molecule has 0 bridgehead atoms. The summed E-state index contributed by atoms with van der Waals surface area (Å²) in [5.41, 5.74) is 0. The lowest BCUT2D eigenvalue weighted by Crippen LogP contribution is -2.31. The number of carbonyl (C=O) groups excluding carboxylic acids is 1. The molecule has 0 aliphatic heterocycles. The molecule has 0 radical (unpaired) electrons. The third-order valence-corrected chi connectivity index (χ3v) is 2.00. The van der Waals surface area contributed by atoms with Crippen LogP contribution in [-0.4, -0.2) is 30.3 Å². The van der Waals surface area contributed by atoms with Gasteiger partial charge in [-0.3, -0.25) is 9.69 Å². The van der Waals surface area contributed by atoms with E-state index in [2.05, 4.69) is 0 Å². The molecular formula is C9H11N3O. The Balaban J connectivity index is 2.33. The van der Waals surface area contributed by atoms with Crippen molar-refractivity contribution in [2.24, 2.45) is 5.92 Å². The second-order valence-corrected chi connectivity index (χ2v) is 3.20. The van der Waals surface area contributed by atoms with E-state index >= 15 is 0 Å². The van der Waals surface area contributed by atoms with Crippen LogP contribution in [0.25, 0.3) is 0 Å². The minimum Gasteiger partial charge on any atom is -0.298 e. The first-order valence-electron chi connectivity index (χ1n) is 4.27. The number of ketones is 1. The Kier molecular flexibility index (Phi) is 3.42. The summed E-state index contributed by atoms with van der Waals surface area (Å²) < 4.78 is 0. The van der Waals surface area contributed by atoms with Crippen molar-refractivity contribution in [3.8, 4) is 12.1 Å². The minimum atomic E-state index is 0.159. The number of Topliss-reactive ketones (excluding diaryl/α,β-unsaturated/α-hetero) is 1. The minimum absolute atomic E-state index is 0.159. The van der Waals surface area contributed by atoms with Gasteiger partial charge >= 0.3 is 0 Å². The Morgan fingerprint density at radius 3 is 2.23 bits per heavy atom. The SMILES string of the molecule is N#CCN(CC#N)CC(=O)C1CC1. The van der Waals surface area contributed by atoms with E-state index in [9.17, 15) is 4.79 Å². The zero-order valence-electron chi connectivity index (χ0n) is 7.36. The van der Waals surface area contributed by atoms with Crippen LogP contribution >= 0.6 is 0 Å². The summed E-state index contributed by atoms with van der Waals surface area (Å²) in [6.45, 7) is 0.573. The lowest BCUT2D eigenvalue weighted by molar-refractivity contribution is -0.121. The van der Waals surface area contributed by atoms with Gasteiger partial charge in [-0.25, -0.2) is 0 Å². The summed E-state index contributed by atoms with van der Waals surface area (Å²) in [5.74, 6) is 0.380. The highest BCUT2D eigenvalue weighted by molar-refractivity contribution is 5.85. The molecule has 1 rings (SSSR count). The monoisotopic (exact) mass is 177 g/mol. The predicted octanol–water partition coefficient (Wildman–Crippen LogP) is 0.315. The van der Waals surface area contributed by atoms with Gasteiger partial charge < -0.3 is 0 Å². The summed E-state index contributed by atoms with van der Waals surface area (Å²) in [6, 6.07) is 3.88. The quantitative estimate of drug-likeness (QED) is 0.567. The molecule has 0 aromatic heterocycles. The number of hydrogen-bond donors (Lipinski definition) is 0. The molecule has 4 nitrogen and oxygen atoms in total. The zero-order valence-corrected chi connectivity index (χ0v) is 7.36.